The number of nitrogens with zero attached hydrogens (tertiary/aromatic N) is 5. The van der Waals surface area contributed by atoms with Gasteiger partial charge >= 0.3 is 0 Å². The lowest BCUT2D eigenvalue weighted by Crippen LogP contribution is -2.48. The van der Waals surface area contributed by atoms with Crippen LogP contribution in [0.15, 0.2) is 43.1 Å². The Bertz CT molecular complexity index is 687. The highest BCUT2D eigenvalue weighted by Crippen LogP contribution is 2.26. The van der Waals surface area contributed by atoms with E-state index in [2.05, 4.69) is 24.3 Å². The first kappa shape index (κ1) is 16.1. The molecule has 2 unspecified atom stereocenters. The van der Waals surface area contributed by atoms with Gasteiger partial charge in [0.05, 0.1) is 18.3 Å². The largest absolute Gasteiger partial charge is 0.356 e. The molecule has 2 fully saturated rings. The van der Waals surface area contributed by atoms with Gasteiger partial charge in [0.1, 0.15) is 5.82 Å². The van der Waals surface area contributed by atoms with E-state index in [9.17, 15) is 4.79 Å². The smallest absolute Gasteiger partial charge is 0.227 e. The molecule has 0 aromatic carbocycles. The van der Waals surface area contributed by atoms with Crippen molar-refractivity contribution in [3.05, 3.63) is 43.1 Å². The molecule has 0 aliphatic carbocycles. The number of imidazole rings is 1. The number of likely N-dealkylation sites (tertiary alicyclic amines) is 1. The van der Waals surface area contributed by atoms with Crippen LogP contribution >= 0.6 is 0 Å². The van der Waals surface area contributed by atoms with E-state index >= 15 is 0 Å². The van der Waals surface area contributed by atoms with Crippen LogP contribution in [0, 0.1) is 5.92 Å². The Labute approximate surface area is 148 Å². The van der Waals surface area contributed by atoms with Gasteiger partial charge in [0.25, 0.3) is 0 Å². The van der Waals surface area contributed by atoms with Crippen LogP contribution in [0.5, 0.6) is 0 Å². The Hall–Kier alpha value is -2.37. The summed E-state index contributed by atoms with van der Waals surface area (Å²) in [5, 5.41) is 0. The Morgan fingerprint density at radius 3 is 2.80 bits per heavy atom. The normalized spacial score (nSPS) is 24.3. The molecule has 1 amide bonds. The number of rotatable bonds is 3. The minimum Gasteiger partial charge on any atom is -0.356 e. The number of carbonyl (C=O) groups is 1. The third-order valence-corrected chi connectivity index (χ3v) is 5.40. The first-order valence-electron chi connectivity index (χ1n) is 9.23. The molecule has 6 nitrogen and oxygen atoms in total. The zero-order valence-corrected chi connectivity index (χ0v) is 14.5. The van der Waals surface area contributed by atoms with Crippen LogP contribution in [0.2, 0.25) is 0 Å². The van der Waals surface area contributed by atoms with Gasteiger partial charge in [-0.25, -0.2) is 9.97 Å². The fourth-order valence-corrected chi connectivity index (χ4v) is 4.07. The van der Waals surface area contributed by atoms with Gasteiger partial charge in [-0.1, -0.05) is 6.07 Å². The third-order valence-electron chi connectivity index (χ3n) is 5.40. The SMILES string of the molecule is O=C(C1CCCN(c2ccccn2)C1)N1CCCC(n2ccnc2)C1. The quantitative estimate of drug-likeness (QED) is 0.861. The van der Waals surface area contributed by atoms with Crippen molar-refractivity contribution in [1.29, 1.82) is 0 Å². The molecule has 2 aliphatic rings. The minimum absolute atomic E-state index is 0.0808. The van der Waals surface area contributed by atoms with E-state index < -0.39 is 0 Å². The van der Waals surface area contributed by atoms with Gasteiger partial charge in [0, 0.05) is 44.8 Å². The summed E-state index contributed by atoms with van der Waals surface area (Å²) in [4.78, 5) is 26.0. The second-order valence-corrected chi connectivity index (χ2v) is 7.06. The van der Waals surface area contributed by atoms with Crippen molar-refractivity contribution >= 4 is 11.7 Å². The van der Waals surface area contributed by atoms with Gasteiger partial charge in [0.15, 0.2) is 0 Å². The topological polar surface area (TPSA) is 54.3 Å². The molecular formula is C19H25N5O. The molecule has 0 saturated carbocycles. The van der Waals surface area contributed by atoms with E-state index in [1.807, 2.05) is 43.1 Å². The van der Waals surface area contributed by atoms with Gasteiger partial charge in [-0.2, -0.15) is 0 Å². The number of hydrogen-bond acceptors (Lipinski definition) is 4. The maximum absolute atomic E-state index is 13.1. The van der Waals surface area contributed by atoms with Crippen molar-refractivity contribution in [1.82, 2.24) is 19.4 Å². The molecule has 2 aromatic rings. The van der Waals surface area contributed by atoms with E-state index in [0.717, 1.165) is 57.7 Å². The molecule has 2 atom stereocenters. The fourth-order valence-electron chi connectivity index (χ4n) is 4.07. The maximum Gasteiger partial charge on any atom is 0.227 e. The van der Waals surface area contributed by atoms with Gasteiger partial charge in [0.2, 0.25) is 5.91 Å². The lowest BCUT2D eigenvalue weighted by Gasteiger charge is -2.38. The molecule has 2 aliphatic heterocycles. The van der Waals surface area contributed by atoms with E-state index in [1.54, 1.807) is 0 Å². The predicted molar refractivity (Wildman–Crippen MR) is 96.3 cm³/mol. The van der Waals surface area contributed by atoms with Crippen LogP contribution in [0.1, 0.15) is 31.7 Å². The van der Waals surface area contributed by atoms with E-state index in [1.165, 1.54) is 0 Å². The number of aromatic nitrogens is 3. The first-order chi connectivity index (χ1) is 12.3. The standard InChI is InChI=1S/C19H25N5O/c25-19(23-11-4-6-17(14-23)24-12-9-20-15-24)16-5-3-10-22(13-16)18-7-1-2-8-21-18/h1-2,7-9,12,15-17H,3-6,10-11,13-14H2. The number of anilines is 1. The van der Waals surface area contributed by atoms with Crippen molar-refractivity contribution in [3.63, 3.8) is 0 Å². The molecule has 6 heteroatoms. The lowest BCUT2D eigenvalue weighted by molar-refractivity contribution is -0.137. The molecule has 0 spiro atoms. The Morgan fingerprint density at radius 2 is 2.00 bits per heavy atom. The summed E-state index contributed by atoms with van der Waals surface area (Å²) < 4.78 is 2.14. The summed E-state index contributed by atoms with van der Waals surface area (Å²) in [6.45, 7) is 3.44. The van der Waals surface area contributed by atoms with Crippen LogP contribution in [-0.2, 0) is 4.79 Å². The van der Waals surface area contributed by atoms with Gasteiger partial charge in [-0.05, 0) is 37.8 Å². The van der Waals surface area contributed by atoms with Crippen LogP contribution in [0.3, 0.4) is 0 Å². The molecule has 2 saturated heterocycles. The molecule has 0 N–H and O–H groups in total. The number of pyridine rings is 1. The highest BCUT2D eigenvalue weighted by molar-refractivity contribution is 5.80. The summed E-state index contributed by atoms with van der Waals surface area (Å²) >= 11 is 0. The second-order valence-electron chi connectivity index (χ2n) is 7.06. The maximum atomic E-state index is 13.1. The number of carbonyl (C=O) groups excluding carboxylic acids is 1. The summed E-state index contributed by atoms with van der Waals surface area (Å²) in [5.41, 5.74) is 0. The molecule has 25 heavy (non-hydrogen) atoms. The Balaban J connectivity index is 1.41. The average Bonchev–Trinajstić information content (AvgIpc) is 3.23. The number of amides is 1. The van der Waals surface area contributed by atoms with E-state index in [0.29, 0.717) is 11.9 Å². The predicted octanol–water partition coefficient (Wildman–Crippen LogP) is 2.36. The molecule has 0 bridgehead atoms. The van der Waals surface area contributed by atoms with Gasteiger partial charge in [-0.3, -0.25) is 4.79 Å². The number of piperidine rings is 2. The van der Waals surface area contributed by atoms with Crippen LogP contribution < -0.4 is 4.90 Å². The Kier molecular flexibility index (Phi) is 4.68. The number of hydrogen-bond donors (Lipinski definition) is 0. The van der Waals surface area contributed by atoms with Crippen molar-refractivity contribution in [3.8, 4) is 0 Å². The molecular weight excluding hydrogens is 314 g/mol. The third kappa shape index (κ3) is 3.52. The first-order valence-corrected chi connectivity index (χ1v) is 9.23. The van der Waals surface area contributed by atoms with Crippen molar-refractivity contribution in [2.75, 3.05) is 31.1 Å². The molecule has 4 rings (SSSR count). The average molecular weight is 339 g/mol. The van der Waals surface area contributed by atoms with Gasteiger partial charge < -0.3 is 14.4 Å². The minimum atomic E-state index is 0.0808. The molecule has 2 aromatic heterocycles. The summed E-state index contributed by atoms with van der Waals surface area (Å²) in [5.74, 6) is 1.37. The van der Waals surface area contributed by atoms with E-state index in [4.69, 9.17) is 0 Å². The van der Waals surface area contributed by atoms with Crippen molar-refractivity contribution < 1.29 is 4.79 Å². The van der Waals surface area contributed by atoms with Crippen molar-refractivity contribution in [2.24, 2.45) is 5.92 Å². The Morgan fingerprint density at radius 1 is 1.08 bits per heavy atom. The van der Waals surface area contributed by atoms with Crippen LogP contribution in [-0.4, -0.2) is 51.5 Å². The summed E-state index contributed by atoms with van der Waals surface area (Å²) in [6.07, 6.45) is 11.7. The van der Waals surface area contributed by atoms with E-state index in [-0.39, 0.29) is 5.92 Å². The van der Waals surface area contributed by atoms with Crippen LogP contribution in [0.25, 0.3) is 0 Å². The highest BCUT2D eigenvalue weighted by Gasteiger charge is 2.32. The lowest BCUT2D eigenvalue weighted by atomic mass is 9.94. The zero-order valence-electron chi connectivity index (χ0n) is 14.5. The summed E-state index contributed by atoms with van der Waals surface area (Å²) in [7, 11) is 0. The fraction of sp³-hybridized carbons (Fsp3) is 0.526. The molecule has 0 radical (unpaired) electrons. The highest BCUT2D eigenvalue weighted by atomic mass is 16.2. The zero-order chi connectivity index (χ0) is 17.1. The van der Waals surface area contributed by atoms with Gasteiger partial charge in [-0.15, -0.1) is 0 Å². The monoisotopic (exact) mass is 339 g/mol. The molecule has 4 heterocycles. The molecule has 132 valence electrons. The summed E-state index contributed by atoms with van der Waals surface area (Å²) in [6, 6.07) is 6.33. The van der Waals surface area contributed by atoms with Crippen LogP contribution in [0.4, 0.5) is 5.82 Å². The van der Waals surface area contributed by atoms with Crippen molar-refractivity contribution in [2.45, 2.75) is 31.7 Å². The second kappa shape index (κ2) is 7.25.